The average Bonchev–Trinajstić information content (AvgIpc) is 2.05. The zero-order valence-corrected chi connectivity index (χ0v) is 7.84. The van der Waals surface area contributed by atoms with Crippen molar-refractivity contribution in [1.82, 2.24) is 0 Å². The van der Waals surface area contributed by atoms with E-state index in [1.165, 1.54) is 44.9 Å². The Morgan fingerprint density at radius 2 is 1.08 bits per heavy atom. The van der Waals surface area contributed by atoms with Gasteiger partial charge in [0.2, 0.25) is 0 Å². The Morgan fingerprint density at radius 3 is 1.67 bits per heavy atom. The fourth-order valence-electron chi connectivity index (χ4n) is 1.47. The molecule has 1 aliphatic rings. The molecular weight excluding hydrogens is 144 g/mol. The third-order valence-corrected chi connectivity index (χ3v) is 2.24. The SMILES string of the molecule is [CH]1/C=C/CCCCCCC/C=C/1. The average molecular weight is 163 g/mol. The summed E-state index contributed by atoms with van der Waals surface area (Å²) >= 11 is 0. The minimum absolute atomic E-state index is 1.25. The van der Waals surface area contributed by atoms with Gasteiger partial charge >= 0.3 is 0 Å². The van der Waals surface area contributed by atoms with Crippen LogP contribution in [-0.4, -0.2) is 0 Å². The van der Waals surface area contributed by atoms with E-state index in [-0.39, 0.29) is 0 Å². The number of rotatable bonds is 0. The molecule has 0 aromatic heterocycles. The summed E-state index contributed by atoms with van der Waals surface area (Å²) in [5.41, 5.74) is 0. The molecule has 0 atom stereocenters. The highest BCUT2D eigenvalue weighted by molar-refractivity contribution is 5.08. The summed E-state index contributed by atoms with van der Waals surface area (Å²) in [5.74, 6) is 0. The molecule has 0 unspecified atom stereocenters. The molecular formula is C12H19. The lowest BCUT2D eigenvalue weighted by molar-refractivity contribution is 0.621. The lowest BCUT2D eigenvalue weighted by atomic mass is 10.1. The maximum absolute atomic E-state index is 2.27. The second-order valence-electron chi connectivity index (χ2n) is 3.39. The molecule has 0 amide bonds. The van der Waals surface area contributed by atoms with E-state index in [4.69, 9.17) is 0 Å². The second kappa shape index (κ2) is 7.15. The molecule has 0 heterocycles. The molecule has 0 spiro atoms. The molecule has 0 fully saturated rings. The first-order valence-corrected chi connectivity index (χ1v) is 5.15. The van der Waals surface area contributed by atoms with Gasteiger partial charge in [-0.3, -0.25) is 0 Å². The predicted octanol–water partition coefficient (Wildman–Crippen LogP) is 4.05. The van der Waals surface area contributed by atoms with Gasteiger partial charge in [-0.15, -0.1) is 0 Å². The van der Waals surface area contributed by atoms with Crippen molar-refractivity contribution >= 4 is 0 Å². The predicted molar refractivity (Wildman–Crippen MR) is 54.9 cm³/mol. The van der Waals surface area contributed by atoms with Gasteiger partial charge in [0.25, 0.3) is 0 Å². The third-order valence-electron chi connectivity index (χ3n) is 2.24. The molecule has 0 nitrogen and oxygen atoms in total. The Labute approximate surface area is 76.4 Å². The van der Waals surface area contributed by atoms with Gasteiger partial charge in [-0.1, -0.05) is 43.6 Å². The van der Waals surface area contributed by atoms with Crippen LogP contribution in [0, 0.1) is 6.42 Å². The lowest BCUT2D eigenvalue weighted by Crippen LogP contribution is -1.79. The zero-order valence-electron chi connectivity index (χ0n) is 7.84. The summed E-state index contributed by atoms with van der Waals surface area (Å²) in [7, 11) is 0. The van der Waals surface area contributed by atoms with Crippen LogP contribution >= 0.6 is 0 Å². The minimum atomic E-state index is 1.25. The van der Waals surface area contributed by atoms with E-state index in [0.29, 0.717) is 0 Å². The van der Waals surface area contributed by atoms with E-state index in [2.05, 4.69) is 30.7 Å². The Hall–Kier alpha value is -0.520. The van der Waals surface area contributed by atoms with Crippen molar-refractivity contribution in [1.29, 1.82) is 0 Å². The molecule has 0 saturated heterocycles. The standard InChI is InChI=1S/C12H19/c1-2-4-6-8-10-12-11-9-7-5-3-1/h1-5H,6-12H2/b4-2+,5-3+. The fourth-order valence-corrected chi connectivity index (χ4v) is 1.47. The lowest BCUT2D eigenvalue weighted by Gasteiger charge is -1.99. The van der Waals surface area contributed by atoms with E-state index in [0.717, 1.165) is 0 Å². The van der Waals surface area contributed by atoms with Gasteiger partial charge < -0.3 is 0 Å². The van der Waals surface area contributed by atoms with Crippen LogP contribution in [-0.2, 0) is 0 Å². The first-order chi connectivity index (χ1) is 6.00. The highest BCUT2D eigenvalue weighted by Gasteiger charge is 1.89. The maximum atomic E-state index is 2.27. The highest BCUT2D eigenvalue weighted by atomic mass is 14.0. The summed E-state index contributed by atoms with van der Waals surface area (Å²) in [4.78, 5) is 0. The fraction of sp³-hybridized carbons (Fsp3) is 0.583. The summed E-state index contributed by atoms with van der Waals surface area (Å²) in [6.07, 6.45) is 20.5. The maximum Gasteiger partial charge on any atom is 0.00441 e. The smallest absolute Gasteiger partial charge is 0.00441 e. The molecule has 1 aliphatic carbocycles. The van der Waals surface area contributed by atoms with Crippen LogP contribution < -0.4 is 0 Å². The zero-order chi connectivity index (χ0) is 8.49. The first kappa shape index (κ1) is 9.57. The number of hydrogen-bond donors (Lipinski definition) is 0. The van der Waals surface area contributed by atoms with Crippen LogP contribution in [0.2, 0.25) is 0 Å². The van der Waals surface area contributed by atoms with E-state index in [1.807, 2.05) is 0 Å². The number of allylic oxidation sites excluding steroid dienone is 4. The molecule has 0 aromatic carbocycles. The van der Waals surface area contributed by atoms with E-state index in [9.17, 15) is 0 Å². The van der Waals surface area contributed by atoms with Gasteiger partial charge in [0, 0.05) is 6.42 Å². The Kier molecular flexibility index (Phi) is 5.70. The first-order valence-electron chi connectivity index (χ1n) is 5.15. The van der Waals surface area contributed by atoms with Crippen molar-refractivity contribution in [3.8, 4) is 0 Å². The highest BCUT2D eigenvalue weighted by Crippen LogP contribution is 2.09. The van der Waals surface area contributed by atoms with Gasteiger partial charge in [-0.2, -0.15) is 0 Å². The van der Waals surface area contributed by atoms with Crippen molar-refractivity contribution in [3.63, 3.8) is 0 Å². The van der Waals surface area contributed by atoms with Gasteiger partial charge in [0.05, 0.1) is 0 Å². The Bertz CT molecular complexity index is 126. The van der Waals surface area contributed by atoms with Crippen LogP contribution in [0.5, 0.6) is 0 Å². The number of hydrogen-bond acceptors (Lipinski definition) is 0. The third kappa shape index (κ3) is 5.17. The van der Waals surface area contributed by atoms with E-state index >= 15 is 0 Å². The Morgan fingerprint density at radius 1 is 0.583 bits per heavy atom. The van der Waals surface area contributed by atoms with Crippen molar-refractivity contribution in [2.45, 2.75) is 44.9 Å². The topological polar surface area (TPSA) is 0 Å². The van der Waals surface area contributed by atoms with Crippen LogP contribution in [0.4, 0.5) is 0 Å². The molecule has 1 rings (SSSR count). The second-order valence-corrected chi connectivity index (χ2v) is 3.39. The van der Waals surface area contributed by atoms with Gasteiger partial charge in [-0.25, -0.2) is 0 Å². The molecule has 0 aliphatic heterocycles. The van der Waals surface area contributed by atoms with Gasteiger partial charge in [0.1, 0.15) is 0 Å². The summed E-state index contributed by atoms with van der Waals surface area (Å²) in [6, 6.07) is 0. The monoisotopic (exact) mass is 163 g/mol. The summed E-state index contributed by atoms with van der Waals surface area (Å²) in [6.45, 7) is 0. The van der Waals surface area contributed by atoms with Gasteiger partial charge in [0.15, 0.2) is 0 Å². The molecule has 0 heteroatoms. The minimum Gasteiger partial charge on any atom is -0.0879 e. The van der Waals surface area contributed by atoms with Crippen LogP contribution in [0.15, 0.2) is 24.3 Å². The van der Waals surface area contributed by atoms with Crippen molar-refractivity contribution in [3.05, 3.63) is 30.7 Å². The molecule has 67 valence electrons. The van der Waals surface area contributed by atoms with Crippen molar-refractivity contribution < 1.29 is 0 Å². The molecule has 12 heavy (non-hydrogen) atoms. The van der Waals surface area contributed by atoms with Crippen molar-refractivity contribution in [2.24, 2.45) is 0 Å². The van der Waals surface area contributed by atoms with E-state index in [1.54, 1.807) is 0 Å². The Balaban J connectivity index is 2.20. The van der Waals surface area contributed by atoms with Gasteiger partial charge in [-0.05, 0) is 25.7 Å². The summed E-state index contributed by atoms with van der Waals surface area (Å²) < 4.78 is 0. The quantitative estimate of drug-likeness (QED) is 0.505. The normalized spacial score (nSPS) is 26.7. The molecule has 0 N–H and O–H groups in total. The van der Waals surface area contributed by atoms with Crippen LogP contribution in [0.25, 0.3) is 0 Å². The molecule has 0 bridgehead atoms. The largest absolute Gasteiger partial charge is 0.0879 e. The van der Waals surface area contributed by atoms with Crippen LogP contribution in [0.3, 0.4) is 0 Å². The molecule has 1 radical (unpaired) electrons. The van der Waals surface area contributed by atoms with Crippen LogP contribution in [0.1, 0.15) is 44.9 Å². The molecule has 0 saturated carbocycles. The van der Waals surface area contributed by atoms with E-state index < -0.39 is 0 Å². The molecule has 0 aromatic rings. The summed E-state index contributed by atoms with van der Waals surface area (Å²) in [5, 5.41) is 0. The van der Waals surface area contributed by atoms with Crippen molar-refractivity contribution in [2.75, 3.05) is 0 Å².